The molecule has 2 unspecified atom stereocenters. The van der Waals surface area contributed by atoms with Crippen molar-refractivity contribution >= 4 is 0 Å². The van der Waals surface area contributed by atoms with Gasteiger partial charge in [0.05, 0.1) is 0 Å². The van der Waals surface area contributed by atoms with Gasteiger partial charge in [-0.05, 0) is 29.9 Å². The van der Waals surface area contributed by atoms with Crippen molar-refractivity contribution < 1.29 is 8.78 Å². The second-order valence-corrected chi connectivity index (χ2v) is 4.08. The number of benzene rings is 1. The minimum atomic E-state index is -2.31. The molecule has 0 amide bonds. The summed E-state index contributed by atoms with van der Waals surface area (Å²) in [5, 5.41) is 0. The van der Waals surface area contributed by atoms with Crippen LogP contribution in [0.4, 0.5) is 8.78 Å². The number of alkyl halides is 2. The van der Waals surface area contributed by atoms with E-state index in [1.54, 1.807) is 0 Å². The Labute approximate surface area is 88.3 Å². The zero-order valence-electron chi connectivity index (χ0n) is 8.50. The summed E-state index contributed by atoms with van der Waals surface area (Å²) in [7, 11) is 0. The average Bonchev–Trinajstić information content (AvgIpc) is 2.63. The van der Waals surface area contributed by atoms with Crippen LogP contribution >= 0.6 is 0 Å². The van der Waals surface area contributed by atoms with Gasteiger partial charge in [0.25, 0.3) is 0 Å². The first-order valence-electron chi connectivity index (χ1n) is 5.30. The molecule has 0 fully saturated rings. The molecular weight excluding hydrogens is 196 g/mol. The Balaban J connectivity index is 2.26. The predicted octanol–water partition coefficient (Wildman–Crippen LogP) is 2.56. The van der Waals surface area contributed by atoms with Crippen LogP contribution in [0.25, 0.3) is 0 Å². The fourth-order valence-corrected chi connectivity index (χ4v) is 2.48. The van der Waals surface area contributed by atoms with E-state index < -0.39 is 12.3 Å². The highest BCUT2D eigenvalue weighted by Gasteiger charge is 2.33. The van der Waals surface area contributed by atoms with Gasteiger partial charge in [-0.15, -0.1) is 0 Å². The summed E-state index contributed by atoms with van der Waals surface area (Å²) < 4.78 is 25.5. The van der Waals surface area contributed by atoms with Gasteiger partial charge in [-0.2, -0.15) is 0 Å². The Morgan fingerprint density at radius 2 is 2.07 bits per heavy atom. The SMILES string of the molecule is NCC(C(F)F)C1CCc2ccccc21. The lowest BCUT2D eigenvalue weighted by molar-refractivity contribution is 0.0663. The summed E-state index contributed by atoms with van der Waals surface area (Å²) in [5.41, 5.74) is 7.72. The molecule has 0 aliphatic heterocycles. The summed E-state index contributed by atoms with van der Waals surface area (Å²) in [5.74, 6) is -0.736. The third kappa shape index (κ3) is 1.88. The Morgan fingerprint density at radius 3 is 2.73 bits per heavy atom. The van der Waals surface area contributed by atoms with Crippen molar-refractivity contribution in [3.8, 4) is 0 Å². The molecule has 1 aromatic carbocycles. The Bertz CT molecular complexity index is 338. The van der Waals surface area contributed by atoms with E-state index in [4.69, 9.17) is 5.73 Å². The van der Waals surface area contributed by atoms with E-state index in [0.29, 0.717) is 0 Å². The van der Waals surface area contributed by atoms with E-state index in [0.717, 1.165) is 18.4 Å². The molecule has 0 saturated carbocycles. The molecule has 15 heavy (non-hydrogen) atoms. The van der Waals surface area contributed by atoms with Crippen molar-refractivity contribution in [1.29, 1.82) is 0 Å². The molecule has 0 bridgehead atoms. The standard InChI is InChI=1S/C12H15F2N/c13-12(14)11(7-15)10-6-5-8-3-1-2-4-9(8)10/h1-4,10-12H,5-7,15H2. The molecule has 1 aliphatic rings. The Hall–Kier alpha value is -0.960. The molecule has 1 aromatic rings. The van der Waals surface area contributed by atoms with E-state index in [2.05, 4.69) is 0 Å². The van der Waals surface area contributed by atoms with E-state index in [9.17, 15) is 8.78 Å². The molecule has 0 spiro atoms. The number of aryl methyl sites for hydroxylation is 1. The lowest BCUT2D eigenvalue weighted by Gasteiger charge is -2.21. The largest absolute Gasteiger partial charge is 0.330 e. The smallest absolute Gasteiger partial charge is 0.243 e. The van der Waals surface area contributed by atoms with E-state index >= 15 is 0 Å². The molecule has 2 atom stereocenters. The highest BCUT2D eigenvalue weighted by Crippen LogP contribution is 2.40. The Morgan fingerprint density at radius 1 is 1.33 bits per heavy atom. The number of hydrogen-bond acceptors (Lipinski definition) is 1. The van der Waals surface area contributed by atoms with Crippen LogP contribution in [0.5, 0.6) is 0 Å². The van der Waals surface area contributed by atoms with Gasteiger partial charge in [-0.3, -0.25) is 0 Å². The zero-order chi connectivity index (χ0) is 10.8. The Kier molecular flexibility index (Phi) is 3.00. The van der Waals surface area contributed by atoms with Crippen molar-refractivity contribution in [1.82, 2.24) is 0 Å². The van der Waals surface area contributed by atoms with Gasteiger partial charge in [0, 0.05) is 12.5 Å². The molecule has 3 heteroatoms. The van der Waals surface area contributed by atoms with E-state index in [1.807, 2.05) is 24.3 Å². The third-order valence-corrected chi connectivity index (χ3v) is 3.29. The van der Waals surface area contributed by atoms with Crippen LogP contribution in [0.1, 0.15) is 23.5 Å². The van der Waals surface area contributed by atoms with Crippen LogP contribution in [0.3, 0.4) is 0 Å². The monoisotopic (exact) mass is 211 g/mol. The van der Waals surface area contributed by atoms with Gasteiger partial charge in [-0.25, -0.2) is 8.78 Å². The average molecular weight is 211 g/mol. The number of fused-ring (bicyclic) bond motifs is 1. The van der Waals surface area contributed by atoms with Crippen LogP contribution in [0, 0.1) is 5.92 Å². The number of nitrogens with two attached hydrogens (primary N) is 1. The van der Waals surface area contributed by atoms with Crippen LogP contribution < -0.4 is 5.73 Å². The van der Waals surface area contributed by atoms with Crippen molar-refractivity contribution in [3.63, 3.8) is 0 Å². The molecule has 1 aliphatic carbocycles. The highest BCUT2D eigenvalue weighted by molar-refractivity contribution is 5.35. The summed E-state index contributed by atoms with van der Waals surface area (Å²) in [6, 6.07) is 7.85. The fourth-order valence-electron chi connectivity index (χ4n) is 2.48. The van der Waals surface area contributed by atoms with Gasteiger partial charge < -0.3 is 5.73 Å². The van der Waals surface area contributed by atoms with Crippen molar-refractivity contribution in [2.75, 3.05) is 6.54 Å². The minimum Gasteiger partial charge on any atom is -0.330 e. The second-order valence-electron chi connectivity index (χ2n) is 4.08. The lowest BCUT2D eigenvalue weighted by atomic mass is 9.87. The maximum Gasteiger partial charge on any atom is 0.243 e. The minimum absolute atomic E-state index is 0.0498. The van der Waals surface area contributed by atoms with Crippen molar-refractivity contribution in [2.24, 2.45) is 11.7 Å². The van der Waals surface area contributed by atoms with Gasteiger partial charge in [0.15, 0.2) is 0 Å². The zero-order valence-corrected chi connectivity index (χ0v) is 8.50. The highest BCUT2D eigenvalue weighted by atomic mass is 19.3. The molecule has 0 radical (unpaired) electrons. The van der Waals surface area contributed by atoms with Crippen LogP contribution in [0.15, 0.2) is 24.3 Å². The summed E-state index contributed by atoms with van der Waals surface area (Å²) in [6.45, 7) is 0.0661. The third-order valence-electron chi connectivity index (χ3n) is 3.29. The fraction of sp³-hybridized carbons (Fsp3) is 0.500. The summed E-state index contributed by atoms with van der Waals surface area (Å²) in [4.78, 5) is 0. The lowest BCUT2D eigenvalue weighted by Crippen LogP contribution is -2.27. The first-order chi connectivity index (χ1) is 7.24. The molecule has 2 rings (SSSR count). The van der Waals surface area contributed by atoms with Crippen LogP contribution in [-0.4, -0.2) is 13.0 Å². The predicted molar refractivity (Wildman–Crippen MR) is 56.1 cm³/mol. The molecule has 1 nitrogen and oxygen atoms in total. The summed E-state index contributed by atoms with van der Waals surface area (Å²) >= 11 is 0. The normalized spacial score (nSPS) is 21.7. The first kappa shape index (κ1) is 10.6. The van der Waals surface area contributed by atoms with Crippen LogP contribution in [0.2, 0.25) is 0 Å². The van der Waals surface area contributed by atoms with Gasteiger partial charge >= 0.3 is 0 Å². The second kappa shape index (κ2) is 4.27. The van der Waals surface area contributed by atoms with Gasteiger partial charge in [0.2, 0.25) is 6.43 Å². The molecule has 82 valence electrons. The van der Waals surface area contributed by atoms with E-state index in [1.165, 1.54) is 5.56 Å². The van der Waals surface area contributed by atoms with Gasteiger partial charge in [0.1, 0.15) is 0 Å². The molecule has 0 saturated heterocycles. The molecule has 0 aromatic heterocycles. The topological polar surface area (TPSA) is 26.0 Å². The van der Waals surface area contributed by atoms with E-state index in [-0.39, 0.29) is 12.5 Å². The van der Waals surface area contributed by atoms with Crippen LogP contribution in [-0.2, 0) is 6.42 Å². The molecular formula is C12H15F2N. The first-order valence-corrected chi connectivity index (χ1v) is 5.30. The summed E-state index contributed by atoms with van der Waals surface area (Å²) in [6.07, 6.45) is -0.596. The molecule has 0 heterocycles. The van der Waals surface area contributed by atoms with Crippen molar-refractivity contribution in [3.05, 3.63) is 35.4 Å². The number of halogens is 2. The van der Waals surface area contributed by atoms with Crippen molar-refractivity contribution in [2.45, 2.75) is 25.2 Å². The van der Waals surface area contributed by atoms with Gasteiger partial charge in [-0.1, -0.05) is 24.3 Å². The number of hydrogen-bond donors (Lipinski definition) is 1. The maximum atomic E-state index is 12.8. The number of rotatable bonds is 3. The maximum absolute atomic E-state index is 12.8. The molecule has 2 N–H and O–H groups in total. The quantitative estimate of drug-likeness (QED) is 0.817.